The number of ether oxygens (including phenoxy) is 1. The molecule has 4 nitrogen and oxygen atoms in total. The number of sulfone groups is 1. The average Bonchev–Trinajstić information content (AvgIpc) is 3.31. The molecule has 1 fully saturated rings. The summed E-state index contributed by atoms with van der Waals surface area (Å²) in [6.07, 6.45) is 0. The van der Waals surface area contributed by atoms with Gasteiger partial charge in [-0.3, -0.25) is 0 Å². The first-order valence-corrected chi connectivity index (χ1v) is 9.18. The molecule has 3 rings (SSSR count). The van der Waals surface area contributed by atoms with Crippen molar-refractivity contribution in [2.75, 3.05) is 13.7 Å². The van der Waals surface area contributed by atoms with E-state index in [1.54, 1.807) is 19.2 Å². The van der Waals surface area contributed by atoms with Gasteiger partial charge < -0.3 is 10.5 Å². The Balaban J connectivity index is 1.90. The summed E-state index contributed by atoms with van der Waals surface area (Å²) in [6, 6.07) is 14.6. The molecule has 0 heterocycles. The van der Waals surface area contributed by atoms with Crippen LogP contribution in [-0.4, -0.2) is 27.3 Å². The van der Waals surface area contributed by atoms with Crippen LogP contribution in [0.1, 0.15) is 17.0 Å². The fourth-order valence-electron chi connectivity index (χ4n) is 3.19. The van der Waals surface area contributed by atoms with Gasteiger partial charge in [0.1, 0.15) is 5.75 Å². The summed E-state index contributed by atoms with van der Waals surface area (Å²) < 4.78 is 31.0. The molecule has 0 aromatic heterocycles. The minimum atomic E-state index is -3.37. The summed E-state index contributed by atoms with van der Waals surface area (Å²) in [4.78, 5) is 0.377. The molecular weight excluding hydrogens is 310 g/mol. The maximum Gasteiger partial charge on any atom is 0.182 e. The number of rotatable bonds is 5. The molecule has 0 aliphatic heterocycles. The highest BCUT2D eigenvalue weighted by Gasteiger charge is 2.57. The van der Waals surface area contributed by atoms with Crippen LogP contribution < -0.4 is 10.5 Å². The van der Waals surface area contributed by atoms with Gasteiger partial charge in [-0.1, -0.05) is 29.8 Å². The molecule has 3 atom stereocenters. The van der Waals surface area contributed by atoms with Gasteiger partial charge in [-0.05, 0) is 49.2 Å². The van der Waals surface area contributed by atoms with Crippen molar-refractivity contribution < 1.29 is 13.2 Å². The number of hydrogen-bond acceptors (Lipinski definition) is 4. The second-order valence-electron chi connectivity index (χ2n) is 6.02. The molecule has 2 aromatic rings. The van der Waals surface area contributed by atoms with E-state index >= 15 is 0 Å². The second-order valence-corrected chi connectivity index (χ2v) is 8.13. The van der Waals surface area contributed by atoms with E-state index in [0.29, 0.717) is 11.4 Å². The Kier molecular flexibility index (Phi) is 4.17. The monoisotopic (exact) mass is 331 g/mol. The van der Waals surface area contributed by atoms with E-state index < -0.39 is 15.1 Å². The molecule has 0 amide bonds. The summed E-state index contributed by atoms with van der Waals surface area (Å²) in [5.74, 6) is 0.684. The summed E-state index contributed by atoms with van der Waals surface area (Å²) >= 11 is 0. The third-order valence-corrected chi connectivity index (χ3v) is 6.87. The zero-order valence-corrected chi connectivity index (χ0v) is 14.1. The minimum Gasteiger partial charge on any atom is -0.497 e. The molecule has 2 aromatic carbocycles. The van der Waals surface area contributed by atoms with Crippen molar-refractivity contribution in [1.82, 2.24) is 0 Å². The molecule has 23 heavy (non-hydrogen) atoms. The average molecular weight is 331 g/mol. The normalized spacial score (nSPS) is 23.5. The van der Waals surface area contributed by atoms with Crippen LogP contribution >= 0.6 is 0 Å². The Morgan fingerprint density at radius 2 is 1.65 bits per heavy atom. The standard InChI is InChI=1S/C18H21NO3S/c1-12-3-9-15(10-4-12)23(20,21)18-16(11-19)17(18)13-5-7-14(22-2)8-6-13/h3-10,16-18H,11,19H2,1-2H3. The van der Waals surface area contributed by atoms with E-state index in [1.165, 1.54) is 0 Å². The van der Waals surface area contributed by atoms with Crippen LogP contribution in [0.3, 0.4) is 0 Å². The van der Waals surface area contributed by atoms with Crippen molar-refractivity contribution in [3.05, 3.63) is 59.7 Å². The first-order valence-electron chi connectivity index (χ1n) is 7.63. The zero-order chi connectivity index (χ0) is 16.6. The maximum absolute atomic E-state index is 12.9. The SMILES string of the molecule is COc1ccc(C2C(CN)C2S(=O)(=O)c2ccc(C)cc2)cc1. The van der Waals surface area contributed by atoms with Crippen molar-refractivity contribution in [2.45, 2.75) is 23.0 Å². The Labute approximate surface area is 137 Å². The molecule has 0 bridgehead atoms. The first-order chi connectivity index (χ1) is 11.0. The van der Waals surface area contributed by atoms with Gasteiger partial charge in [-0.25, -0.2) is 8.42 Å². The summed E-state index contributed by atoms with van der Waals surface area (Å²) in [5, 5.41) is -0.441. The van der Waals surface area contributed by atoms with Gasteiger partial charge in [0.05, 0.1) is 17.3 Å². The summed E-state index contributed by atoms with van der Waals surface area (Å²) in [7, 11) is -1.76. The van der Waals surface area contributed by atoms with Crippen LogP contribution in [-0.2, 0) is 9.84 Å². The molecule has 1 aliphatic carbocycles. The fourth-order valence-corrected chi connectivity index (χ4v) is 5.42. The van der Waals surface area contributed by atoms with E-state index in [0.717, 1.165) is 16.9 Å². The van der Waals surface area contributed by atoms with E-state index in [-0.39, 0.29) is 11.8 Å². The second kappa shape index (κ2) is 5.98. The Bertz CT molecular complexity index is 782. The molecule has 1 saturated carbocycles. The molecule has 3 unspecified atom stereocenters. The Morgan fingerprint density at radius 3 is 2.17 bits per heavy atom. The van der Waals surface area contributed by atoms with Gasteiger partial charge >= 0.3 is 0 Å². The van der Waals surface area contributed by atoms with Crippen molar-refractivity contribution in [1.29, 1.82) is 0 Å². The van der Waals surface area contributed by atoms with Crippen molar-refractivity contribution in [3.8, 4) is 5.75 Å². The van der Waals surface area contributed by atoms with Crippen molar-refractivity contribution in [3.63, 3.8) is 0 Å². The van der Waals surface area contributed by atoms with E-state index in [2.05, 4.69) is 0 Å². The van der Waals surface area contributed by atoms with E-state index in [4.69, 9.17) is 10.5 Å². The van der Waals surface area contributed by atoms with E-state index in [9.17, 15) is 8.42 Å². The lowest BCUT2D eigenvalue weighted by Gasteiger charge is -2.05. The third kappa shape index (κ3) is 2.86. The topological polar surface area (TPSA) is 69.4 Å². The smallest absolute Gasteiger partial charge is 0.182 e. The van der Waals surface area contributed by atoms with Gasteiger partial charge in [0, 0.05) is 5.92 Å². The molecular formula is C18H21NO3S. The van der Waals surface area contributed by atoms with Crippen molar-refractivity contribution in [2.24, 2.45) is 11.7 Å². The van der Waals surface area contributed by atoms with Crippen LogP contribution in [0.2, 0.25) is 0 Å². The van der Waals surface area contributed by atoms with Crippen LogP contribution in [0.25, 0.3) is 0 Å². The van der Waals surface area contributed by atoms with Crippen LogP contribution in [0.5, 0.6) is 5.75 Å². The van der Waals surface area contributed by atoms with E-state index in [1.807, 2.05) is 43.3 Å². The largest absolute Gasteiger partial charge is 0.497 e. The summed E-state index contributed by atoms with van der Waals surface area (Å²) in [5.41, 5.74) is 7.86. The highest BCUT2D eigenvalue weighted by Crippen LogP contribution is 2.53. The highest BCUT2D eigenvalue weighted by molar-refractivity contribution is 7.92. The number of aryl methyl sites for hydroxylation is 1. The number of hydrogen-bond donors (Lipinski definition) is 1. The van der Waals surface area contributed by atoms with Crippen LogP contribution in [0, 0.1) is 12.8 Å². The predicted molar refractivity (Wildman–Crippen MR) is 90.4 cm³/mol. The lowest BCUT2D eigenvalue weighted by atomic mass is 10.1. The Hall–Kier alpha value is -1.85. The number of nitrogens with two attached hydrogens (primary N) is 1. The molecule has 5 heteroatoms. The molecule has 122 valence electrons. The quantitative estimate of drug-likeness (QED) is 0.914. The lowest BCUT2D eigenvalue weighted by Crippen LogP contribution is -2.13. The van der Waals surface area contributed by atoms with Crippen LogP contribution in [0.15, 0.2) is 53.4 Å². The molecule has 1 aliphatic rings. The van der Waals surface area contributed by atoms with Crippen LogP contribution in [0.4, 0.5) is 0 Å². The zero-order valence-electron chi connectivity index (χ0n) is 13.3. The van der Waals surface area contributed by atoms with Crippen molar-refractivity contribution >= 4 is 9.84 Å². The number of benzene rings is 2. The minimum absolute atomic E-state index is 0.0327. The maximum atomic E-state index is 12.9. The predicted octanol–water partition coefficient (Wildman–Crippen LogP) is 2.52. The Morgan fingerprint density at radius 1 is 1.04 bits per heavy atom. The lowest BCUT2D eigenvalue weighted by molar-refractivity contribution is 0.414. The summed E-state index contributed by atoms with van der Waals surface area (Å²) in [6.45, 7) is 2.31. The van der Waals surface area contributed by atoms with Gasteiger partial charge in [-0.15, -0.1) is 0 Å². The molecule has 2 N–H and O–H groups in total. The van der Waals surface area contributed by atoms with Gasteiger partial charge in [0.25, 0.3) is 0 Å². The van der Waals surface area contributed by atoms with Gasteiger partial charge in [0.15, 0.2) is 9.84 Å². The molecule has 0 saturated heterocycles. The molecule has 0 radical (unpaired) electrons. The fraction of sp³-hybridized carbons (Fsp3) is 0.333. The third-order valence-electron chi connectivity index (χ3n) is 4.58. The van der Waals surface area contributed by atoms with Gasteiger partial charge in [0.2, 0.25) is 0 Å². The highest BCUT2D eigenvalue weighted by atomic mass is 32.2. The molecule has 0 spiro atoms. The number of methoxy groups -OCH3 is 1. The van der Waals surface area contributed by atoms with Gasteiger partial charge in [-0.2, -0.15) is 0 Å². The first kappa shape index (κ1) is 16.0.